The molecule has 30 heavy (non-hydrogen) atoms. The molecule has 1 amide bonds. The first-order valence-corrected chi connectivity index (χ1v) is 10.0. The third-order valence-electron chi connectivity index (χ3n) is 4.03. The number of carbonyl (C=O) groups excluding carboxylic acids is 1. The Morgan fingerprint density at radius 2 is 1.80 bits per heavy atom. The average Bonchev–Trinajstić information content (AvgIpc) is 2.74. The van der Waals surface area contributed by atoms with Crippen LogP contribution in [-0.4, -0.2) is 64.9 Å². The minimum Gasteiger partial charge on any atom is -0.504 e. The SMILES string of the molecule is COc1ccc(OC)c(S(=O)(=O)N(C)CC(=O)NN=Cc2ccc(O)c(OC)c2)c1. The zero-order valence-corrected chi connectivity index (χ0v) is 17.8. The summed E-state index contributed by atoms with van der Waals surface area (Å²) in [5.74, 6) is 0.0373. The summed E-state index contributed by atoms with van der Waals surface area (Å²) >= 11 is 0. The molecule has 0 unspecified atom stereocenters. The van der Waals surface area contributed by atoms with Crippen molar-refractivity contribution in [2.24, 2.45) is 5.10 Å². The Morgan fingerprint density at radius 1 is 1.10 bits per heavy atom. The molecule has 2 aromatic carbocycles. The van der Waals surface area contributed by atoms with Crippen molar-refractivity contribution >= 4 is 22.1 Å². The van der Waals surface area contributed by atoms with Crippen LogP contribution >= 0.6 is 0 Å². The fourth-order valence-corrected chi connectivity index (χ4v) is 3.72. The summed E-state index contributed by atoms with van der Waals surface area (Å²) in [4.78, 5) is 12.0. The number of nitrogens with zero attached hydrogens (tertiary/aromatic N) is 2. The summed E-state index contributed by atoms with van der Waals surface area (Å²) in [5, 5.41) is 13.4. The molecular formula is C19H23N3O7S. The van der Waals surface area contributed by atoms with Gasteiger partial charge in [-0.15, -0.1) is 0 Å². The second-order valence-electron chi connectivity index (χ2n) is 6.00. The number of aromatic hydroxyl groups is 1. The molecule has 2 rings (SSSR count). The molecule has 11 heteroatoms. The highest BCUT2D eigenvalue weighted by atomic mass is 32.2. The van der Waals surface area contributed by atoms with Crippen molar-refractivity contribution in [3.05, 3.63) is 42.0 Å². The fourth-order valence-electron chi connectivity index (χ4n) is 2.43. The Labute approximate surface area is 174 Å². The van der Waals surface area contributed by atoms with Gasteiger partial charge in [0.05, 0.1) is 34.1 Å². The van der Waals surface area contributed by atoms with Crippen molar-refractivity contribution in [2.45, 2.75) is 4.90 Å². The third kappa shape index (κ3) is 5.39. The summed E-state index contributed by atoms with van der Waals surface area (Å²) in [7, 11) is 1.41. The van der Waals surface area contributed by atoms with E-state index in [1.807, 2.05) is 0 Å². The van der Waals surface area contributed by atoms with Crippen LogP contribution < -0.4 is 19.6 Å². The van der Waals surface area contributed by atoms with Crippen LogP contribution in [0.1, 0.15) is 5.56 Å². The van der Waals surface area contributed by atoms with Gasteiger partial charge in [-0.3, -0.25) is 4.79 Å². The van der Waals surface area contributed by atoms with E-state index in [1.165, 1.54) is 58.9 Å². The molecule has 2 N–H and O–H groups in total. The van der Waals surface area contributed by atoms with E-state index in [0.717, 1.165) is 4.31 Å². The number of phenolic OH excluding ortho intramolecular Hbond substituents is 1. The largest absolute Gasteiger partial charge is 0.504 e. The average molecular weight is 437 g/mol. The second-order valence-corrected chi connectivity index (χ2v) is 8.02. The molecule has 0 aliphatic carbocycles. The molecule has 0 saturated carbocycles. The van der Waals surface area contributed by atoms with Gasteiger partial charge in [0.1, 0.15) is 16.4 Å². The molecule has 0 fully saturated rings. The molecule has 0 saturated heterocycles. The maximum atomic E-state index is 12.8. The molecule has 0 aromatic heterocycles. The molecule has 2 aromatic rings. The predicted molar refractivity (Wildman–Crippen MR) is 110 cm³/mol. The number of ether oxygens (including phenoxy) is 3. The van der Waals surface area contributed by atoms with Gasteiger partial charge in [-0.05, 0) is 35.9 Å². The number of methoxy groups -OCH3 is 3. The highest BCUT2D eigenvalue weighted by Gasteiger charge is 2.27. The summed E-state index contributed by atoms with van der Waals surface area (Å²) in [6.45, 7) is -0.473. The number of amides is 1. The second kappa shape index (κ2) is 9.94. The van der Waals surface area contributed by atoms with Crippen LogP contribution in [0.25, 0.3) is 0 Å². The highest BCUT2D eigenvalue weighted by molar-refractivity contribution is 7.89. The van der Waals surface area contributed by atoms with Crippen LogP contribution in [-0.2, 0) is 14.8 Å². The Balaban J connectivity index is 2.08. The quantitative estimate of drug-likeness (QED) is 0.446. The minimum absolute atomic E-state index is 0.0292. The minimum atomic E-state index is -4.03. The molecule has 0 radical (unpaired) electrons. The predicted octanol–water partition coefficient (Wildman–Crippen LogP) is 1.19. The Kier molecular flexibility index (Phi) is 7.61. The number of benzene rings is 2. The van der Waals surface area contributed by atoms with Gasteiger partial charge in [0.2, 0.25) is 10.0 Å². The Bertz CT molecular complexity index is 1040. The number of carbonyl (C=O) groups is 1. The lowest BCUT2D eigenvalue weighted by Crippen LogP contribution is -2.36. The Hall–Kier alpha value is -3.31. The molecule has 10 nitrogen and oxygen atoms in total. The number of hydrogen-bond donors (Lipinski definition) is 2. The van der Waals surface area contributed by atoms with Crippen molar-refractivity contribution in [3.8, 4) is 23.0 Å². The molecule has 0 bridgehead atoms. The summed E-state index contributed by atoms with van der Waals surface area (Å²) < 4.78 is 41.7. The van der Waals surface area contributed by atoms with E-state index < -0.39 is 22.5 Å². The van der Waals surface area contributed by atoms with Gasteiger partial charge in [0, 0.05) is 13.1 Å². The highest BCUT2D eigenvalue weighted by Crippen LogP contribution is 2.30. The lowest BCUT2D eigenvalue weighted by atomic mass is 10.2. The van der Waals surface area contributed by atoms with Crippen molar-refractivity contribution in [2.75, 3.05) is 34.9 Å². The molecule has 162 valence electrons. The lowest BCUT2D eigenvalue weighted by Gasteiger charge is -2.18. The number of nitrogens with one attached hydrogen (secondary N) is 1. The van der Waals surface area contributed by atoms with E-state index in [9.17, 15) is 18.3 Å². The number of likely N-dealkylation sites (N-methyl/N-ethyl adjacent to an activating group) is 1. The van der Waals surface area contributed by atoms with E-state index in [2.05, 4.69) is 10.5 Å². The van der Waals surface area contributed by atoms with Gasteiger partial charge in [0.15, 0.2) is 11.5 Å². The van der Waals surface area contributed by atoms with Crippen molar-refractivity contribution < 1.29 is 32.5 Å². The van der Waals surface area contributed by atoms with Crippen molar-refractivity contribution in [1.29, 1.82) is 0 Å². The molecule has 0 atom stereocenters. The zero-order chi connectivity index (χ0) is 22.3. The van der Waals surface area contributed by atoms with Crippen LogP contribution in [0, 0.1) is 0 Å². The van der Waals surface area contributed by atoms with E-state index in [0.29, 0.717) is 11.3 Å². The summed E-state index contributed by atoms with van der Waals surface area (Å²) in [5.41, 5.74) is 2.82. The summed E-state index contributed by atoms with van der Waals surface area (Å²) in [6, 6.07) is 8.87. The van der Waals surface area contributed by atoms with Gasteiger partial charge in [-0.2, -0.15) is 9.41 Å². The summed E-state index contributed by atoms with van der Waals surface area (Å²) in [6.07, 6.45) is 1.33. The molecular weight excluding hydrogens is 414 g/mol. The van der Waals surface area contributed by atoms with E-state index in [4.69, 9.17) is 14.2 Å². The van der Waals surface area contributed by atoms with E-state index in [-0.39, 0.29) is 22.1 Å². The van der Waals surface area contributed by atoms with E-state index >= 15 is 0 Å². The van der Waals surface area contributed by atoms with Crippen LogP contribution in [0.2, 0.25) is 0 Å². The first kappa shape index (κ1) is 23.0. The van der Waals surface area contributed by atoms with Gasteiger partial charge < -0.3 is 19.3 Å². The monoisotopic (exact) mass is 437 g/mol. The Morgan fingerprint density at radius 3 is 2.43 bits per heavy atom. The number of phenols is 1. The van der Waals surface area contributed by atoms with Gasteiger partial charge in [0.25, 0.3) is 5.91 Å². The normalized spacial score (nSPS) is 11.5. The maximum Gasteiger partial charge on any atom is 0.255 e. The topological polar surface area (TPSA) is 127 Å². The van der Waals surface area contributed by atoms with Crippen molar-refractivity contribution in [1.82, 2.24) is 9.73 Å². The van der Waals surface area contributed by atoms with Gasteiger partial charge >= 0.3 is 0 Å². The first-order valence-electron chi connectivity index (χ1n) is 8.60. The van der Waals surface area contributed by atoms with Crippen molar-refractivity contribution in [3.63, 3.8) is 0 Å². The maximum absolute atomic E-state index is 12.8. The zero-order valence-electron chi connectivity index (χ0n) is 16.9. The van der Waals surface area contributed by atoms with Gasteiger partial charge in [-0.25, -0.2) is 13.8 Å². The standard InChI is InChI=1S/C19H23N3O7S/c1-22(30(25,26)18-10-14(27-2)6-8-16(18)28-3)12-19(24)21-20-11-13-5-7-15(23)17(9-13)29-4/h5-11,23H,12H2,1-4H3,(H,21,24). The number of rotatable bonds is 9. The smallest absolute Gasteiger partial charge is 0.255 e. The van der Waals surface area contributed by atoms with Crippen LogP contribution in [0.4, 0.5) is 0 Å². The van der Waals surface area contributed by atoms with Gasteiger partial charge in [-0.1, -0.05) is 0 Å². The molecule has 0 aliphatic heterocycles. The van der Waals surface area contributed by atoms with Crippen LogP contribution in [0.15, 0.2) is 46.4 Å². The molecule has 0 aliphatic rings. The fraction of sp³-hybridized carbons (Fsp3) is 0.263. The van der Waals surface area contributed by atoms with Crippen LogP contribution in [0.5, 0.6) is 23.0 Å². The lowest BCUT2D eigenvalue weighted by molar-refractivity contribution is -0.121. The molecule has 0 spiro atoms. The van der Waals surface area contributed by atoms with Crippen LogP contribution in [0.3, 0.4) is 0 Å². The molecule has 0 heterocycles. The van der Waals surface area contributed by atoms with E-state index in [1.54, 1.807) is 12.1 Å². The third-order valence-corrected chi connectivity index (χ3v) is 5.86. The number of sulfonamides is 1. The number of hydrogen-bond acceptors (Lipinski definition) is 8. The first-order chi connectivity index (χ1) is 14.2. The number of hydrazone groups is 1.